The molecule has 0 radical (unpaired) electrons. The second kappa shape index (κ2) is 7.78. The number of ether oxygens (including phenoxy) is 2. The zero-order chi connectivity index (χ0) is 15.2. The molecule has 3 unspecified atom stereocenters. The van der Waals surface area contributed by atoms with E-state index in [4.69, 9.17) is 21.1 Å². The van der Waals surface area contributed by atoms with E-state index < -0.39 is 11.7 Å². The summed E-state index contributed by atoms with van der Waals surface area (Å²) in [6.45, 7) is 4.79. The first-order valence-corrected chi connectivity index (χ1v) is 7.83. The molecule has 1 fully saturated rings. The average molecular weight is 312 g/mol. The second-order valence-corrected chi connectivity index (χ2v) is 5.81. The predicted octanol–water partition coefficient (Wildman–Crippen LogP) is 3.19. The topological polar surface area (TPSA) is 38.8 Å². The predicted molar refractivity (Wildman–Crippen MR) is 83.6 cm³/mol. The van der Waals surface area contributed by atoms with Crippen molar-refractivity contribution in [3.63, 3.8) is 0 Å². The Bertz CT molecular complexity index is 452. The van der Waals surface area contributed by atoms with Crippen molar-refractivity contribution in [2.24, 2.45) is 0 Å². The van der Waals surface area contributed by atoms with Gasteiger partial charge in [0.1, 0.15) is 5.38 Å². The van der Waals surface area contributed by atoms with E-state index in [0.717, 1.165) is 18.5 Å². The van der Waals surface area contributed by atoms with Crippen LogP contribution in [-0.4, -0.2) is 36.8 Å². The van der Waals surface area contributed by atoms with Crippen molar-refractivity contribution in [1.82, 2.24) is 0 Å². The van der Waals surface area contributed by atoms with Crippen molar-refractivity contribution in [2.75, 3.05) is 18.1 Å². The second-order valence-electron chi connectivity index (χ2n) is 5.16. The Morgan fingerprint density at radius 3 is 2.76 bits per heavy atom. The fourth-order valence-corrected chi connectivity index (χ4v) is 2.46. The monoisotopic (exact) mass is 311 g/mol. The van der Waals surface area contributed by atoms with Crippen LogP contribution in [0.2, 0.25) is 0 Å². The van der Waals surface area contributed by atoms with E-state index >= 15 is 0 Å². The van der Waals surface area contributed by atoms with E-state index in [1.54, 1.807) is 11.8 Å². The van der Waals surface area contributed by atoms with Crippen LogP contribution >= 0.6 is 11.6 Å². The standard InChI is InChI=1S/C16H22ClNO3/c1-3-14-9-10-20-15(21-14)11-18(16(19)12(2)17)13-7-5-4-6-8-13/h4-8,12,14-15H,3,9-11H2,1-2H3. The van der Waals surface area contributed by atoms with E-state index in [1.807, 2.05) is 30.3 Å². The molecule has 1 amide bonds. The van der Waals surface area contributed by atoms with E-state index in [0.29, 0.717) is 13.2 Å². The Morgan fingerprint density at radius 2 is 2.14 bits per heavy atom. The van der Waals surface area contributed by atoms with Crippen molar-refractivity contribution in [1.29, 1.82) is 0 Å². The molecule has 3 atom stereocenters. The van der Waals surface area contributed by atoms with E-state index in [1.165, 1.54) is 0 Å². The van der Waals surface area contributed by atoms with Gasteiger partial charge in [-0.1, -0.05) is 25.1 Å². The highest BCUT2D eigenvalue weighted by atomic mass is 35.5. The molecule has 1 aliphatic heterocycles. The Hall–Kier alpha value is -1.10. The minimum absolute atomic E-state index is 0.145. The maximum Gasteiger partial charge on any atom is 0.244 e. The third-order valence-corrected chi connectivity index (χ3v) is 3.74. The number of para-hydroxylation sites is 1. The number of hydrogen-bond donors (Lipinski definition) is 0. The number of carbonyl (C=O) groups is 1. The van der Waals surface area contributed by atoms with Crippen LogP contribution in [-0.2, 0) is 14.3 Å². The number of halogens is 1. The van der Waals surface area contributed by atoms with E-state index in [2.05, 4.69) is 6.92 Å². The highest BCUT2D eigenvalue weighted by Crippen LogP contribution is 2.21. The molecule has 21 heavy (non-hydrogen) atoms. The Morgan fingerprint density at radius 1 is 1.43 bits per heavy atom. The van der Waals surface area contributed by atoms with Crippen LogP contribution in [0.15, 0.2) is 30.3 Å². The molecule has 1 aromatic carbocycles. The molecular formula is C16H22ClNO3. The summed E-state index contributed by atoms with van der Waals surface area (Å²) in [5.41, 5.74) is 0.806. The summed E-state index contributed by atoms with van der Waals surface area (Å²) < 4.78 is 11.5. The number of nitrogens with zero attached hydrogens (tertiary/aromatic N) is 1. The van der Waals surface area contributed by atoms with E-state index in [9.17, 15) is 4.79 Å². The fourth-order valence-electron chi connectivity index (χ4n) is 2.34. The van der Waals surface area contributed by atoms with Crippen molar-refractivity contribution in [3.8, 4) is 0 Å². The summed E-state index contributed by atoms with van der Waals surface area (Å²) in [5.74, 6) is -0.145. The zero-order valence-electron chi connectivity index (χ0n) is 12.5. The molecule has 5 heteroatoms. The first kappa shape index (κ1) is 16.3. The molecular weight excluding hydrogens is 290 g/mol. The van der Waals surface area contributed by atoms with Crippen LogP contribution in [0, 0.1) is 0 Å². The molecule has 1 aliphatic rings. The van der Waals surface area contributed by atoms with E-state index in [-0.39, 0.29) is 12.0 Å². The van der Waals surface area contributed by atoms with Gasteiger partial charge in [-0.3, -0.25) is 4.79 Å². The van der Waals surface area contributed by atoms with Crippen molar-refractivity contribution >= 4 is 23.2 Å². The molecule has 1 saturated heterocycles. The van der Waals surface area contributed by atoms with Gasteiger partial charge in [-0.25, -0.2) is 0 Å². The molecule has 0 aromatic heterocycles. The first-order chi connectivity index (χ1) is 10.1. The fraction of sp³-hybridized carbons (Fsp3) is 0.562. The summed E-state index contributed by atoms with van der Waals surface area (Å²) in [5, 5.41) is -0.587. The minimum atomic E-state index is -0.587. The van der Waals surface area contributed by atoms with Crippen LogP contribution in [0.4, 0.5) is 5.69 Å². The summed E-state index contributed by atoms with van der Waals surface area (Å²) in [6, 6.07) is 9.48. The quantitative estimate of drug-likeness (QED) is 0.784. The van der Waals surface area contributed by atoms with Crippen LogP contribution in [0.3, 0.4) is 0 Å². The molecule has 0 bridgehead atoms. The molecule has 2 rings (SSSR count). The normalized spacial score (nSPS) is 23.6. The van der Waals surface area contributed by atoms with Gasteiger partial charge in [0, 0.05) is 5.69 Å². The molecule has 0 spiro atoms. The van der Waals surface area contributed by atoms with Gasteiger partial charge in [0.2, 0.25) is 5.91 Å². The lowest BCUT2D eigenvalue weighted by Crippen LogP contribution is -2.45. The van der Waals surface area contributed by atoms with Crippen molar-refractivity contribution in [3.05, 3.63) is 30.3 Å². The van der Waals surface area contributed by atoms with Gasteiger partial charge in [0.15, 0.2) is 6.29 Å². The van der Waals surface area contributed by atoms with Crippen LogP contribution in [0.25, 0.3) is 0 Å². The van der Waals surface area contributed by atoms with Crippen LogP contribution in [0.1, 0.15) is 26.7 Å². The average Bonchev–Trinajstić information content (AvgIpc) is 2.53. The lowest BCUT2D eigenvalue weighted by atomic mass is 10.2. The number of anilines is 1. The number of hydrogen-bond acceptors (Lipinski definition) is 3. The zero-order valence-corrected chi connectivity index (χ0v) is 13.3. The van der Waals surface area contributed by atoms with Crippen LogP contribution in [0.5, 0.6) is 0 Å². The number of alkyl halides is 1. The van der Waals surface area contributed by atoms with Gasteiger partial charge in [-0.15, -0.1) is 11.6 Å². The molecule has 1 heterocycles. The SMILES string of the molecule is CCC1CCOC(CN(C(=O)C(C)Cl)c2ccccc2)O1. The highest BCUT2D eigenvalue weighted by Gasteiger charge is 2.28. The number of amides is 1. The molecule has 4 nitrogen and oxygen atoms in total. The number of benzene rings is 1. The minimum Gasteiger partial charge on any atom is -0.351 e. The molecule has 0 saturated carbocycles. The van der Waals surface area contributed by atoms with Crippen molar-refractivity contribution in [2.45, 2.75) is 44.5 Å². The van der Waals surface area contributed by atoms with Gasteiger partial charge in [0.25, 0.3) is 0 Å². The molecule has 0 aliphatic carbocycles. The van der Waals surface area contributed by atoms with Gasteiger partial charge < -0.3 is 14.4 Å². The van der Waals surface area contributed by atoms with Crippen LogP contribution < -0.4 is 4.90 Å². The molecule has 0 N–H and O–H groups in total. The Balaban J connectivity index is 2.11. The maximum atomic E-state index is 12.4. The van der Waals surface area contributed by atoms with Gasteiger partial charge in [0.05, 0.1) is 19.3 Å². The summed E-state index contributed by atoms with van der Waals surface area (Å²) >= 11 is 5.97. The summed E-state index contributed by atoms with van der Waals surface area (Å²) in [7, 11) is 0. The largest absolute Gasteiger partial charge is 0.351 e. The number of carbonyl (C=O) groups excluding carboxylic acids is 1. The lowest BCUT2D eigenvalue weighted by molar-refractivity contribution is -0.207. The summed E-state index contributed by atoms with van der Waals surface area (Å²) in [4.78, 5) is 14.0. The highest BCUT2D eigenvalue weighted by molar-refractivity contribution is 6.32. The number of rotatable bonds is 5. The Labute approximate surface area is 131 Å². The van der Waals surface area contributed by atoms with Gasteiger partial charge >= 0.3 is 0 Å². The lowest BCUT2D eigenvalue weighted by Gasteiger charge is -2.34. The third-order valence-electron chi connectivity index (χ3n) is 3.55. The molecule has 116 valence electrons. The Kier molecular flexibility index (Phi) is 6.03. The van der Waals surface area contributed by atoms with Crippen molar-refractivity contribution < 1.29 is 14.3 Å². The first-order valence-electron chi connectivity index (χ1n) is 7.39. The van der Waals surface area contributed by atoms with Gasteiger partial charge in [-0.2, -0.15) is 0 Å². The molecule has 1 aromatic rings. The maximum absolute atomic E-state index is 12.4. The smallest absolute Gasteiger partial charge is 0.244 e. The third kappa shape index (κ3) is 4.43. The summed E-state index contributed by atoms with van der Waals surface area (Å²) in [6.07, 6.45) is 1.65. The van der Waals surface area contributed by atoms with Gasteiger partial charge in [-0.05, 0) is 31.9 Å².